The van der Waals surface area contributed by atoms with Gasteiger partial charge in [-0.15, -0.1) is 0 Å². The Kier molecular flexibility index (Phi) is 8.59. The summed E-state index contributed by atoms with van der Waals surface area (Å²) in [6, 6.07) is 2.95. The number of hydrogen-bond donors (Lipinski definition) is 2. The van der Waals surface area contributed by atoms with Crippen molar-refractivity contribution >= 4 is 38.8 Å². The highest BCUT2D eigenvalue weighted by Crippen LogP contribution is 2.31. The van der Waals surface area contributed by atoms with Crippen LogP contribution in [0.15, 0.2) is 29.2 Å². The summed E-state index contributed by atoms with van der Waals surface area (Å²) < 4.78 is 78.4. The normalized spacial score (nSPS) is 16.2. The van der Waals surface area contributed by atoms with E-state index in [2.05, 4.69) is 15.3 Å². The molecular weight excluding hydrogens is 565 g/mol. The third-order valence-electron chi connectivity index (χ3n) is 6.24. The van der Waals surface area contributed by atoms with Crippen LogP contribution in [0, 0.1) is 11.6 Å². The number of nitrogens with one attached hydrogen (secondary N) is 2. The van der Waals surface area contributed by atoms with Crippen molar-refractivity contribution < 1.29 is 31.1 Å². The van der Waals surface area contributed by atoms with E-state index < -0.39 is 50.4 Å². The van der Waals surface area contributed by atoms with Crippen molar-refractivity contribution in [3.63, 3.8) is 0 Å². The molecule has 222 valence electrons. The van der Waals surface area contributed by atoms with Crippen LogP contribution in [0.25, 0.3) is 22.2 Å². The predicted octanol–water partition coefficient (Wildman–Crippen LogP) is 3.51. The van der Waals surface area contributed by atoms with Crippen molar-refractivity contribution in [2.75, 3.05) is 29.7 Å². The van der Waals surface area contributed by atoms with E-state index in [0.717, 1.165) is 21.0 Å². The number of ether oxygens (including phenoxy) is 1. The number of aryl methyl sites for hydroxylation is 1. The summed E-state index contributed by atoms with van der Waals surface area (Å²) >= 11 is 0. The average Bonchev–Trinajstić information content (AvgIpc) is 3.33. The fourth-order valence-corrected chi connectivity index (χ4v) is 5.59. The Morgan fingerprint density at radius 1 is 1.24 bits per heavy atom. The largest absolute Gasteiger partial charge is 0.460 e. The summed E-state index contributed by atoms with van der Waals surface area (Å²) in [4.78, 5) is 33.6. The quantitative estimate of drug-likeness (QED) is 0.283. The van der Waals surface area contributed by atoms with E-state index >= 15 is 4.39 Å². The molecule has 15 heteroatoms. The SMILES string of the molecule is Cn1c(=O)c(-c2c(F)ccc(NS(=O)(=O)N3CC[C@@H](F)C3)c2F)cc2cnc(NCCCC(=O)OC(C)(C)C)nc21. The maximum Gasteiger partial charge on any atom is 0.306 e. The van der Waals surface area contributed by atoms with Crippen LogP contribution in [0.4, 0.5) is 24.8 Å². The Balaban J connectivity index is 1.57. The van der Waals surface area contributed by atoms with E-state index in [4.69, 9.17) is 4.74 Å². The first-order valence-electron chi connectivity index (χ1n) is 12.9. The molecule has 1 atom stereocenters. The van der Waals surface area contributed by atoms with Crippen LogP contribution in [0.5, 0.6) is 0 Å². The number of anilines is 2. The fraction of sp³-hybridized carbons (Fsp3) is 0.462. The summed E-state index contributed by atoms with van der Waals surface area (Å²) in [7, 11) is -2.94. The Hall–Kier alpha value is -3.72. The molecule has 0 saturated carbocycles. The van der Waals surface area contributed by atoms with Gasteiger partial charge in [0.2, 0.25) is 5.95 Å². The molecule has 1 aliphatic rings. The number of carbonyl (C=O) groups excluding carboxylic acids is 1. The molecule has 0 radical (unpaired) electrons. The van der Waals surface area contributed by atoms with Gasteiger partial charge in [-0.2, -0.15) is 17.7 Å². The third kappa shape index (κ3) is 6.96. The van der Waals surface area contributed by atoms with Gasteiger partial charge in [0, 0.05) is 44.7 Å². The van der Waals surface area contributed by atoms with E-state index in [0.29, 0.717) is 13.0 Å². The number of benzene rings is 1. The lowest BCUT2D eigenvalue weighted by atomic mass is 10.0. The van der Waals surface area contributed by atoms with Crippen LogP contribution >= 0.6 is 0 Å². The maximum atomic E-state index is 15.5. The van der Waals surface area contributed by atoms with E-state index in [1.165, 1.54) is 19.3 Å². The number of carbonyl (C=O) groups is 1. The van der Waals surface area contributed by atoms with Crippen LogP contribution in [-0.4, -0.2) is 64.6 Å². The summed E-state index contributed by atoms with van der Waals surface area (Å²) in [5, 5.41) is 3.25. The smallest absolute Gasteiger partial charge is 0.306 e. The van der Waals surface area contributed by atoms with Gasteiger partial charge in [0.25, 0.3) is 5.56 Å². The molecule has 1 aliphatic heterocycles. The summed E-state index contributed by atoms with van der Waals surface area (Å²) in [6.07, 6.45) is 0.664. The molecule has 0 spiro atoms. The number of alkyl halides is 1. The highest BCUT2D eigenvalue weighted by molar-refractivity contribution is 7.90. The van der Waals surface area contributed by atoms with Crippen molar-refractivity contribution in [3.8, 4) is 11.1 Å². The molecule has 41 heavy (non-hydrogen) atoms. The summed E-state index contributed by atoms with van der Waals surface area (Å²) in [6.45, 7) is 5.22. The van der Waals surface area contributed by atoms with Gasteiger partial charge >= 0.3 is 16.2 Å². The molecule has 3 aromatic rings. The second kappa shape index (κ2) is 11.6. The molecule has 0 aliphatic carbocycles. The van der Waals surface area contributed by atoms with Crippen LogP contribution < -0.4 is 15.6 Å². The zero-order chi connectivity index (χ0) is 30.1. The third-order valence-corrected chi connectivity index (χ3v) is 7.73. The Morgan fingerprint density at radius 2 is 1.98 bits per heavy atom. The molecule has 1 aromatic carbocycles. The summed E-state index contributed by atoms with van der Waals surface area (Å²) in [5.41, 5.74) is -2.89. The number of pyridine rings is 1. The minimum atomic E-state index is -4.32. The second-order valence-corrected chi connectivity index (χ2v) is 12.3. The zero-order valence-corrected chi connectivity index (χ0v) is 23.8. The van der Waals surface area contributed by atoms with Gasteiger partial charge in [-0.3, -0.25) is 18.9 Å². The number of hydrogen-bond acceptors (Lipinski definition) is 8. The number of aromatic nitrogens is 3. The highest BCUT2D eigenvalue weighted by atomic mass is 32.2. The average molecular weight is 597 g/mol. The minimum absolute atomic E-state index is 0.0105. The van der Waals surface area contributed by atoms with Gasteiger partial charge in [0.05, 0.1) is 16.8 Å². The maximum absolute atomic E-state index is 15.5. The van der Waals surface area contributed by atoms with Crippen molar-refractivity contribution in [2.24, 2.45) is 7.05 Å². The molecule has 0 bridgehead atoms. The lowest BCUT2D eigenvalue weighted by Crippen LogP contribution is -2.34. The number of fused-ring (bicyclic) bond motifs is 1. The summed E-state index contributed by atoms with van der Waals surface area (Å²) in [5.74, 6) is -2.55. The number of nitrogens with zero attached hydrogens (tertiary/aromatic N) is 4. The monoisotopic (exact) mass is 596 g/mol. The molecule has 2 aromatic heterocycles. The molecule has 11 nitrogen and oxygen atoms in total. The van der Waals surface area contributed by atoms with Crippen LogP contribution in [0.2, 0.25) is 0 Å². The van der Waals surface area contributed by atoms with Crippen LogP contribution in [0.1, 0.15) is 40.0 Å². The van der Waals surface area contributed by atoms with Gasteiger partial charge in [-0.25, -0.2) is 18.2 Å². The Bertz CT molecular complexity index is 1640. The first kappa shape index (κ1) is 30.2. The minimum Gasteiger partial charge on any atom is -0.460 e. The lowest BCUT2D eigenvalue weighted by Gasteiger charge is -2.19. The molecule has 1 fully saturated rings. The first-order valence-corrected chi connectivity index (χ1v) is 14.3. The molecule has 3 heterocycles. The number of rotatable bonds is 9. The Labute approximate surface area is 234 Å². The van der Waals surface area contributed by atoms with Crippen molar-refractivity contribution in [1.29, 1.82) is 0 Å². The van der Waals surface area contributed by atoms with Crippen molar-refractivity contribution in [1.82, 2.24) is 18.8 Å². The van der Waals surface area contributed by atoms with Crippen molar-refractivity contribution in [2.45, 2.75) is 51.8 Å². The van der Waals surface area contributed by atoms with E-state index in [1.54, 1.807) is 20.8 Å². The molecular formula is C26H31F3N6O5S. The Morgan fingerprint density at radius 3 is 2.63 bits per heavy atom. The molecule has 0 unspecified atom stereocenters. The van der Waals surface area contributed by atoms with Crippen LogP contribution in [-0.2, 0) is 26.8 Å². The fourth-order valence-electron chi connectivity index (χ4n) is 4.32. The topological polar surface area (TPSA) is 136 Å². The van der Waals surface area contributed by atoms with Gasteiger partial charge in [0.1, 0.15) is 23.2 Å². The molecule has 0 amide bonds. The lowest BCUT2D eigenvalue weighted by molar-refractivity contribution is -0.154. The van der Waals surface area contributed by atoms with Crippen molar-refractivity contribution in [3.05, 3.63) is 46.4 Å². The van der Waals surface area contributed by atoms with Gasteiger partial charge in [0.15, 0.2) is 5.82 Å². The first-order chi connectivity index (χ1) is 19.2. The van der Waals surface area contributed by atoms with E-state index in [9.17, 15) is 26.8 Å². The van der Waals surface area contributed by atoms with Crippen LogP contribution in [0.3, 0.4) is 0 Å². The standard InChI is InChI=1S/C26H31F3N6O5S/c1-26(2,3)40-20(36)6-5-10-30-25-31-13-15-12-17(24(37)34(4)23(15)32-25)21-18(28)7-8-19(22(21)29)33-41(38,39)35-11-9-16(27)14-35/h7-8,12-13,16,33H,5-6,9-11,14H2,1-4H3,(H,30,31,32)/t16-/m1/s1. The van der Waals surface area contributed by atoms with Gasteiger partial charge in [-0.05, 0) is 51.8 Å². The molecule has 1 saturated heterocycles. The number of esters is 1. The van der Waals surface area contributed by atoms with Gasteiger partial charge in [-0.1, -0.05) is 0 Å². The van der Waals surface area contributed by atoms with E-state index in [1.807, 2.05) is 4.72 Å². The molecule has 4 rings (SSSR count). The second-order valence-electron chi connectivity index (χ2n) is 10.6. The predicted molar refractivity (Wildman–Crippen MR) is 147 cm³/mol. The highest BCUT2D eigenvalue weighted by Gasteiger charge is 2.32. The molecule has 2 N–H and O–H groups in total. The van der Waals surface area contributed by atoms with E-state index in [-0.39, 0.29) is 54.4 Å². The van der Waals surface area contributed by atoms with Gasteiger partial charge < -0.3 is 10.1 Å². The zero-order valence-electron chi connectivity index (χ0n) is 23.0. The number of halogens is 3.